The van der Waals surface area contributed by atoms with E-state index < -0.39 is 22.0 Å². The molecule has 1 atom stereocenters. The van der Waals surface area contributed by atoms with Gasteiger partial charge in [-0.25, -0.2) is 8.42 Å². The molecule has 2 amide bonds. The summed E-state index contributed by atoms with van der Waals surface area (Å²) in [6.45, 7) is 3.46. The van der Waals surface area contributed by atoms with E-state index in [0.717, 1.165) is 51.8 Å². The highest BCUT2D eigenvalue weighted by Gasteiger charge is 2.31. The third-order valence-electron chi connectivity index (χ3n) is 6.71. The predicted molar refractivity (Wildman–Crippen MR) is 147 cm³/mol. The molecule has 36 heavy (non-hydrogen) atoms. The SMILES string of the molecule is CCc1ccccc1N(CC(=O)N(Cc1ccc(Br)cc1)[C@H](C)C(=O)NC1CCCCC1)S(C)(=O)=O. The molecule has 0 bridgehead atoms. The first-order valence-corrected chi connectivity index (χ1v) is 15.1. The summed E-state index contributed by atoms with van der Waals surface area (Å²) in [5.74, 6) is -0.646. The van der Waals surface area contributed by atoms with Crippen LogP contribution in [0.4, 0.5) is 5.69 Å². The molecule has 1 fully saturated rings. The Kier molecular flexibility index (Phi) is 9.96. The lowest BCUT2D eigenvalue weighted by molar-refractivity contribution is -0.139. The van der Waals surface area contributed by atoms with Gasteiger partial charge >= 0.3 is 0 Å². The van der Waals surface area contributed by atoms with Crippen LogP contribution in [0.25, 0.3) is 0 Å². The Labute approximate surface area is 223 Å². The Morgan fingerprint density at radius 3 is 2.31 bits per heavy atom. The van der Waals surface area contributed by atoms with Gasteiger partial charge in [-0.15, -0.1) is 0 Å². The zero-order valence-electron chi connectivity index (χ0n) is 21.2. The van der Waals surface area contributed by atoms with Crippen molar-refractivity contribution in [3.05, 3.63) is 64.1 Å². The molecule has 0 heterocycles. The number of hydrogen-bond donors (Lipinski definition) is 1. The summed E-state index contributed by atoms with van der Waals surface area (Å²) < 4.78 is 27.6. The summed E-state index contributed by atoms with van der Waals surface area (Å²) in [4.78, 5) is 28.4. The van der Waals surface area contributed by atoms with Gasteiger partial charge in [-0.3, -0.25) is 13.9 Å². The standard InChI is InChI=1S/C27H36BrN3O4S/c1-4-22-10-8-9-13-25(22)31(36(3,34)35)19-26(32)30(18-21-14-16-23(28)17-15-21)20(2)27(33)29-24-11-6-5-7-12-24/h8-10,13-17,20,24H,4-7,11-12,18-19H2,1-3H3,(H,29,33)/t20-/m1/s1. The summed E-state index contributed by atoms with van der Waals surface area (Å²) in [5, 5.41) is 3.11. The first-order chi connectivity index (χ1) is 17.1. The fraction of sp³-hybridized carbons (Fsp3) is 0.481. The van der Waals surface area contributed by atoms with Gasteiger partial charge in [0.25, 0.3) is 0 Å². The van der Waals surface area contributed by atoms with E-state index in [1.54, 1.807) is 19.1 Å². The molecule has 0 saturated heterocycles. The first-order valence-electron chi connectivity index (χ1n) is 12.5. The topological polar surface area (TPSA) is 86.8 Å². The maximum absolute atomic E-state index is 13.7. The van der Waals surface area contributed by atoms with Crippen molar-refractivity contribution < 1.29 is 18.0 Å². The van der Waals surface area contributed by atoms with Crippen molar-refractivity contribution >= 4 is 43.5 Å². The molecule has 9 heteroatoms. The molecule has 196 valence electrons. The molecule has 0 aliphatic heterocycles. The van der Waals surface area contributed by atoms with Gasteiger partial charge in [0.05, 0.1) is 11.9 Å². The number of anilines is 1. The van der Waals surface area contributed by atoms with Crippen LogP contribution in [0.5, 0.6) is 0 Å². The highest BCUT2D eigenvalue weighted by molar-refractivity contribution is 9.10. The van der Waals surface area contributed by atoms with Crippen LogP contribution >= 0.6 is 15.9 Å². The number of aryl methyl sites for hydroxylation is 1. The van der Waals surface area contributed by atoms with E-state index >= 15 is 0 Å². The van der Waals surface area contributed by atoms with Crippen LogP contribution in [0.3, 0.4) is 0 Å². The highest BCUT2D eigenvalue weighted by Crippen LogP contribution is 2.24. The van der Waals surface area contributed by atoms with Gasteiger partial charge in [-0.1, -0.05) is 72.4 Å². The molecule has 1 saturated carbocycles. The first kappa shape index (κ1) is 28.2. The van der Waals surface area contributed by atoms with E-state index in [4.69, 9.17) is 0 Å². The largest absolute Gasteiger partial charge is 0.352 e. The molecule has 2 aromatic rings. The number of nitrogens with zero attached hydrogens (tertiary/aromatic N) is 2. The lowest BCUT2D eigenvalue weighted by atomic mass is 9.95. The van der Waals surface area contributed by atoms with Crippen LogP contribution in [0.15, 0.2) is 53.0 Å². The third kappa shape index (κ3) is 7.56. The van der Waals surface area contributed by atoms with Crippen LogP contribution in [0.1, 0.15) is 57.1 Å². The predicted octanol–water partition coefficient (Wildman–Crippen LogP) is 4.64. The normalized spacial score (nSPS) is 15.2. The summed E-state index contributed by atoms with van der Waals surface area (Å²) in [6.07, 6.45) is 6.95. The summed E-state index contributed by atoms with van der Waals surface area (Å²) in [5.41, 5.74) is 2.17. The average Bonchev–Trinajstić information content (AvgIpc) is 2.86. The number of sulfonamides is 1. The van der Waals surface area contributed by atoms with Crippen molar-refractivity contribution in [3.63, 3.8) is 0 Å². The minimum atomic E-state index is -3.75. The maximum atomic E-state index is 13.7. The molecular formula is C27H36BrN3O4S. The van der Waals surface area contributed by atoms with E-state index in [9.17, 15) is 18.0 Å². The Bertz CT molecular complexity index is 1150. The van der Waals surface area contributed by atoms with Gasteiger partial charge in [0.2, 0.25) is 21.8 Å². The number of hydrogen-bond acceptors (Lipinski definition) is 4. The van der Waals surface area contributed by atoms with Crippen molar-refractivity contribution in [2.75, 3.05) is 17.1 Å². The molecule has 0 radical (unpaired) electrons. The number of carbonyl (C=O) groups is 2. The third-order valence-corrected chi connectivity index (χ3v) is 8.36. The van der Waals surface area contributed by atoms with Crippen molar-refractivity contribution in [3.8, 4) is 0 Å². The average molecular weight is 579 g/mol. The fourth-order valence-electron chi connectivity index (χ4n) is 4.59. The maximum Gasteiger partial charge on any atom is 0.244 e. The molecule has 1 N–H and O–H groups in total. The molecule has 1 aliphatic rings. The molecule has 0 aromatic heterocycles. The van der Waals surface area contributed by atoms with Crippen molar-refractivity contribution in [2.24, 2.45) is 0 Å². The quantitative estimate of drug-likeness (QED) is 0.445. The minimum absolute atomic E-state index is 0.113. The number of para-hydroxylation sites is 1. The second-order valence-electron chi connectivity index (χ2n) is 9.42. The number of carbonyl (C=O) groups excluding carboxylic acids is 2. The van der Waals surface area contributed by atoms with Gasteiger partial charge < -0.3 is 10.2 Å². The van der Waals surface area contributed by atoms with Crippen molar-refractivity contribution in [1.29, 1.82) is 0 Å². The molecule has 0 spiro atoms. The van der Waals surface area contributed by atoms with Crippen molar-refractivity contribution in [1.82, 2.24) is 10.2 Å². The fourth-order valence-corrected chi connectivity index (χ4v) is 5.73. The molecule has 2 aromatic carbocycles. The zero-order chi connectivity index (χ0) is 26.3. The van der Waals surface area contributed by atoms with Crippen LogP contribution < -0.4 is 9.62 Å². The second kappa shape index (κ2) is 12.7. The molecule has 1 aliphatic carbocycles. The van der Waals surface area contributed by atoms with Crippen molar-refractivity contribution in [2.45, 2.75) is 71.0 Å². The van der Waals surface area contributed by atoms with E-state index in [-0.39, 0.29) is 25.0 Å². The smallest absolute Gasteiger partial charge is 0.244 e. The monoisotopic (exact) mass is 577 g/mol. The minimum Gasteiger partial charge on any atom is -0.352 e. The van der Waals surface area contributed by atoms with E-state index in [2.05, 4.69) is 21.2 Å². The number of amides is 2. The second-order valence-corrected chi connectivity index (χ2v) is 12.2. The van der Waals surface area contributed by atoms with Gasteiger partial charge in [0.15, 0.2) is 0 Å². The van der Waals surface area contributed by atoms with E-state index in [1.807, 2.05) is 43.3 Å². The van der Waals surface area contributed by atoms with Gasteiger partial charge in [0, 0.05) is 17.1 Å². The lowest BCUT2D eigenvalue weighted by Gasteiger charge is -2.33. The van der Waals surface area contributed by atoms with Gasteiger partial charge in [-0.2, -0.15) is 0 Å². The van der Waals surface area contributed by atoms with Crippen LogP contribution in [0, 0.1) is 0 Å². The van der Waals surface area contributed by atoms with Crippen LogP contribution in [-0.4, -0.2) is 50.0 Å². The van der Waals surface area contributed by atoms with Gasteiger partial charge in [-0.05, 0) is 55.5 Å². The highest BCUT2D eigenvalue weighted by atomic mass is 79.9. The summed E-state index contributed by atoms with van der Waals surface area (Å²) in [7, 11) is -3.75. The molecular weight excluding hydrogens is 542 g/mol. The molecule has 7 nitrogen and oxygen atoms in total. The Balaban J connectivity index is 1.89. The summed E-state index contributed by atoms with van der Waals surface area (Å²) in [6, 6.07) is 14.1. The lowest BCUT2D eigenvalue weighted by Crippen LogP contribution is -2.53. The number of nitrogens with one attached hydrogen (secondary N) is 1. The Hall–Kier alpha value is -2.39. The number of benzene rings is 2. The number of halogens is 1. The Morgan fingerprint density at radius 2 is 1.69 bits per heavy atom. The molecule has 0 unspecified atom stereocenters. The van der Waals surface area contributed by atoms with Crippen LogP contribution in [-0.2, 0) is 32.6 Å². The van der Waals surface area contributed by atoms with E-state index in [1.165, 1.54) is 11.3 Å². The number of rotatable bonds is 10. The molecule has 3 rings (SSSR count). The Morgan fingerprint density at radius 1 is 1.06 bits per heavy atom. The van der Waals surface area contributed by atoms with Gasteiger partial charge in [0.1, 0.15) is 12.6 Å². The zero-order valence-corrected chi connectivity index (χ0v) is 23.6. The van der Waals surface area contributed by atoms with Crippen LogP contribution in [0.2, 0.25) is 0 Å². The summed E-state index contributed by atoms with van der Waals surface area (Å²) >= 11 is 3.42. The van der Waals surface area contributed by atoms with E-state index in [0.29, 0.717) is 12.1 Å².